The Bertz CT molecular complexity index is 965. The van der Waals surface area contributed by atoms with E-state index < -0.39 is 85.5 Å². The number of hydrogen-bond donors (Lipinski definition) is 7. The summed E-state index contributed by atoms with van der Waals surface area (Å²) in [7, 11) is 0. The first-order valence-electron chi connectivity index (χ1n) is 12.1. The maximum atomic E-state index is 13.2. The zero-order valence-electron chi connectivity index (χ0n) is 21.2. The number of carboxylic acid groups (broad SMARTS) is 2. The van der Waals surface area contributed by atoms with E-state index in [0.29, 0.717) is 0 Å². The third kappa shape index (κ3) is 8.18. The number of carboxylic acids is 2. The predicted octanol–water partition coefficient (Wildman–Crippen LogP) is -2.02. The van der Waals surface area contributed by atoms with Crippen molar-refractivity contribution in [3.05, 3.63) is 35.9 Å². The summed E-state index contributed by atoms with van der Waals surface area (Å²) in [6.45, 7) is 2.20. The SMILES string of the molecule is C[C@H](O[C@H]1[C@H](O)[C@@H](CO)OC(N(Cc2ccccc2)[C@H](C)C(=O)N[C@H](CCC(=O)O)C(N)=O)[C@@H]1N)C(=O)O. The van der Waals surface area contributed by atoms with Gasteiger partial charge in [0.25, 0.3) is 0 Å². The van der Waals surface area contributed by atoms with Crippen molar-refractivity contribution < 1.29 is 49.1 Å². The van der Waals surface area contributed by atoms with Crippen LogP contribution < -0.4 is 16.8 Å². The van der Waals surface area contributed by atoms with Gasteiger partial charge in [-0.05, 0) is 25.8 Å². The Morgan fingerprint density at radius 3 is 2.32 bits per heavy atom. The van der Waals surface area contributed by atoms with Crippen LogP contribution in [0.4, 0.5) is 0 Å². The fourth-order valence-corrected chi connectivity index (χ4v) is 4.11. The van der Waals surface area contributed by atoms with Crippen LogP contribution in [0.15, 0.2) is 30.3 Å². The van der Waals surface area contributed by atoms with E-state index in [-0.39, 0.29) is 13.0 Å². The second kappa shape index (κ2) is 14.1. The third-order valence-electron chi connectivity index (χ3n) is 6.35. The van der Waals surface area contributed by atoms with Crippen LogP contribution in [0.25, 0.3) is 0 Å². The van der Waals surface area contributed by atoms with Crippen molar-refractivity contribution in [3.63, 3.8) is 0 Å². The van der Waals surface area contributed by atoms with E-state index in [4.69, 9.17) is 26.0 Å². The van der Waals surface area contributed by atoms with Crippen LogP contribution in [0.2, 0.25) is 0 Å². The van der Waals surface area contributed by atoms with Gasteiger partial charge in [-0.1, -0.05) is 30.3 Å². The van der Waals surface area contributed by atoms with Crippen molar-refractivity contribution >= 4 is 23.8 Å². The molecule has 9 N–H and O–H groups in total. The van der Waals surface area contributed by atoms with Crippen LogP contribution in [-0.4, -0.2) is 104 Å². The van der Waals surface area contributed by atoms with Crippen molar-refractivity contribution in [2.75, 3.05) is 6.61 Å². The minimum Gasteiger partial charge on any atom is -0.481 e. The van der Waals surface area contributed by atoms with Crippen molar-refractivity contribution in [2.45, 2.75) is 82.0 Å². The maximum Gasteiger partial charge on any atom is 0.332 e. The molecule has 1 saturated heterocycles. The fourth-order valence-electron chi connectivity index (χ4n) is 4.11. The van der Waals surface area contributed by atoms with Gasteiger partial charge in [-0.2, -0.15) is 0 Å². The number of aliphatic hydroxyl groups is 2. The lowest BCUT2D eigenvalue weighted by Crippen LogP contribution is -2.69. The smallest absolute Gasteiger partial charge is 0.332 e. The highest BCUT2D eigenvalue weighted by atomic mass is 16.6. The molecule has 8 atom stereocenters. The fraction of sp³-hybridized carbons (Fsp3) is 0.583. The summed E-state index contributed by atoms with van der Waals surface area (Å²) in [6.07, 6.45) is -7.08. The number of nitrogens with two attached hydrogens (primary N) is 2. The molecule has 212 valence electrons. The van der Waals surface area contributed by atoms with E-state index >= 15 is 0 Å². The summed E-state index contributed by atoms with van der Waals surface area (Å²) in [5, 5.41) is 41.2. The van der Waals surface area contributed by atoms with Crippen LogP contribution >= 0.6 is 0 Å². The minimum atomic E-state index is -1.47. The molecule has 2 rings (SSSR count). The molecule has 38 heavy (non-hydrogen) atoms. The third-order valence-corrected chi connectivity index (χ3v) is 6.35. The molecule has 0 spiro atoms. The average Bonchev–Trinajstić information content (AvgIpc) is 2.87. The Labute approximate surface area is 219 Å². The highest BCUT2D eigenvalue weighted by Crippen LogP contribution is 2.28. The van der Waals surface area contributed by atoms with E-state index in [9.17, 15) is 34.5 Å². The van der Waals surface area contributed by atoms with Crippen LogP contribution in [-0.2, 0) is 35.2 Å². The van der Waals surface area contributed by atoms with E-state index in [0.717, 1.165) is 5.56 Å². The molecule has 1 aromatic carbocycles. The number of carbonyl (C=O) groups is 4. The highest BCUT2D eigenvalue weighted by Gasteiger charge is 2.48. The molecule has 1 heterocycles. The molecule has 0 radical (unpaired) electrons. The molecule has 1 aliphatic rings. The van der Waals surface area contributed by atoms with Gasteiger partial charge in [0.1, 0.15) is 30.6 Å². The molecule has 0 aromatic heterocycles. The molecule has 1 fully saturated rings. The largest absolute Gasteiger partial charge is 0.481 e. The Morgan fingerprint density at radius 1 is 1.16 bits per heavy atom. The van der Waals surface area contributed by atoms with Crippen molar-refractivity contribution in [1.82, 2.24) is 10.2 Å². The normalized spacial score (nSPS) is 25.8. The van der Waals surface area contributed by atoms with Gasteiger partial charge in [-0.3, -0.25) is 19.3 Å². The Balaban J connectivity index is 2.39. The monoisotopic (exact) mass is 540 g/mol. The number of nitrogens with one attached hydrogen (secondary N) is 1. The lowest BCUT2D eigenvalue weighted by atomic mass is 9.94. The number of hydrogen-bond acceptors (Lipinski definition) is 10. The van der Waals surface area contributed by atoms with Gasteiger partial charge in [-0.25, -0.2) is 4.79 Å². The van der Waals surface area contributed by atoms with Gasteiger partial charge < -0.3 is 46.7 Å². The summed E-state index contributed by atoms with van der Waals surface area (Å²) in [6, 6.07) is 5.43. The lowest BCUT2D eigenvalue weighted by Gasteiger charge is -2.48. The Hall–Kier alpha value is -3.14. The summed E-state index contributed by atoms with van der Waals surface area (Å²) < 4.78 is 11.4. The zero-order chi connectivity index (χ0) is 28.6. The summed E-state index contributed by atoms with van der Waals surface area (Å²) in [5.74, 6) is -4.05. The van der Waals surface area contributed by atoms with E-state index in [1.807, 2.05) is 0 Å². The summed E-state index contributed by atoms with van der Waals surface area (Å²) >= 11 is 0. The molecular weight excluding hydrogens is 504 g/mol. The highest BCUT2D eigenvalue weighted by molar-refractivity contribution is 5.89. The van der Waals surface area contributed by atoms with Gasteiger partial charge in [0, 0.05) is 13.0 Å². The molecule has 1 aliphatic heterocycles. The molecule has 14 heteroatoms. The number of aliphatic carboxylic acids is 2. The second-order valence-electron chi connectivity index (χ2n) is 9.13. The molecule has 0 saturated carbocycles. The number of aliphatic hydroxyl groups excluding tert-OH is 2. The van der Waals surface area contributed by atoms with Gasteiger partial charge in [0.2, 0.25) is 11.8 Å². The Morgan fingerprint density at radius 2 is 1.79 bits per heavy atom. The Kier molecular flexibility index (Phi) is 11.6. The van der Waals surface area contributed by atoms with Gasteiger partial charge in [0.05, 0.1) is 18.7 Å². The number of ether oxygens (including phenoxy) is 2. The summed E-state index contributed by atoms with van der Waals surface area (Å²) in [5.41, 5.74) is 12.5. The van der Waals surface area contributed by atoms with Crippen LogP contribution in [0.1, 0.15) is 32.3 Å². The lowest BCUT2D eigenvalue weighted by molar-refractivity contribution is -0.249. The first kappa shape index (κ1) is 31.1. The van der Waals surface area contributed by atoms with Crippen molar-refractivity contribution in [3.8, 4) is 0 Å². The molecule has 0 bridgehead atoms. The second-order valence-corrected chi connectivity index (χ2v) is 9.13. The van der Waals surface area contributed by atoms with Crippen molar-refractivity contribution in [2.24, 2.45) is 11.5 Å². The molecule has 14 nitrogen and oxygen atoms in total. The van der Waals surface area contributed by atoms with Crippen LogP contribution in [0.5, 0.6) is 0 Å². The molecule has 1 unspecified atom stereocenters. The predicted molar refractivity (Wildman–Crippen MR) is 131 cm³/mol. The van der Waals surface area contributed by atoms with Crippen molar-refractivity contribution in [1.29, 1.82) is 0 Å². The number of amides is 2. The molecular formula is C24H36N4O10. The van der Waals surface area contributed by atoms with E-state index in [1.165, 1.54) is 18.7 Å². The summed E-state index contributed by atoms with van der Waals surface area (Å²) in [4.78, 5) is 48.9. The number of nitrogens with zero attached hydrogens (tertiary/aromatic N) is 1. The molecule has 0 aliphatic carbocycles. The number of rotatable bonds is 14. The van der Waals surface area contributed by atoms with Gasteiger partial charge in [-0.15, -0.1) is 0 Å². The zero-order valence-corrected chi connectivity index (χ0v) is 21.2. The van der Waals surface area contributed by atoms with Gasteiger partial charge >= 0.3 is 11.9 Å². The first-order valence-corrected chi connectivity index (χ1v) is 12.1. The molecule has 1 aromatic rings. The average molecular weight is 541 g/mol. The van der Waals surface area contributed by atoms with Gasteiger partial charge in [0.15, 0.2) is 6.10 Å². The number of carbonyl (C=O) groups excluding carboxylic acids is 2. The maximum absolute atomic E-state index is 13.2. The van der Waals surface area contributed by atoms with E-state index in [2.05, 4.69) is 5.32 Å². The standard InChI is InChI=1S/C24H36N4O10/c1-12(22(34)27-15(21(26)33)8-9-17(30)31)28(10-14-6-4-3-5-7-14)23-18(25)20(37-13(2)24(35)36)19(32)16(11-29)38-23/h3-7,12-13,15-16,18-20,23,29,32H,8-11,25H2,1-2H3,(H2,26,33)(H,27,34)(H,30,31)(H,35,36)/t12-,13+,15-,16-,18-,19-,20-,23?/m1/s1. The van der Waals surface area contributed by atoms with Crippen LogP contribution in [0.3, 0.4) is 0 Å². The minimum absolute atomic E-state index is 0.0829. The number of primary amides is 1. The van der Waals surface area contributed by atoms with E-state index in [1.54, 1.807) is 30.3 Å². The quantitative estimate of drug-likeness (QED) is 0.135. The first-order chi connectivity index (χ1) is 17.9. The van der Waals surface area contributed by atoms with Crippen LogP contribution in [0, 0.1) is 0 Å². The number of benzene rings is 1. The molecule has 2 amide bonds. The topological polar surface area (TPSA) is 235 Å².